The van der Waals surface area contributed by atoms with Crippen molar-refractivity contribution in [2.45, 2.75) is 63.3 Å². The fraction of sp³-hybridized carbons (Fsp3) is 0.789. The van der Waals surface area contributed by atoms with Crippen molar-refractivity contribution in [2.24, 2.45) is 17.1 Å². The quantitative estimate of drug-likeness (QED) is 0.616. The predicted octanol–water partition coefficient (Wildman–Crippen LogP) is 1.96. The van der Waals surface area contributed by atoms with Crippen molar-refractivity contribution in [3.63, 3.8) is 0 Å². The zero-order chi connectivity index (χ0) is 19.4. The average Bonchev–Trinajstić information content (AvgIpc) is 3.22. The molecule has 3 rings (SSSR count). The highest BCUT2D eigenvalue weighted by molar-refractivity contribution is 6.00. The van der Waals surface area contributed by atoms with E-state index in [0.29, 0.717) is 37.5 Å². The summed E-state index contributed by atoms with van der Waals surface area (Å²) in [4.78, 5) is 24.5. The number of ether oxygens (including phenoxy) is 2. The van der Waals surface area contributed by atoms with Crippen molar-refractivity contribution in [1.82, 2.24) is 15.0 Å². The molecule has 27 heavy (non-hydrogen) atoms. The van der Waals surface area contributed by atoms with Gasteiger partial charge in [0, 0.05) is 12.1 Å². The van der Waals surface area contributed by atoms with Crippen LogP contribution in [0.25, 0.3) is 0 Å². The molecule has 2 N–H and O–H groups in total. The molecule has 1 aromatic rings. The van der Waals surface area contributed by atoms with E-state index in [2.05, 4.69) is 10.3 Å². The molecule has 0 radical (unpaired) electrons. The molecule has 1 heterocycles. The molecule has 0 aromatic carbocycles. The van der Waals surface area contributed by atoms with Gasteiger partial charge in [0.15, 0.2) is 5.41 Å². The molecule has 150 valence electrons. The second-order valence-electron chi connectivity index (χ2n) is 7.89. The van der Waals surface area contributed by atoms with E-state index < -0.39 is 17.4 Å². The Morgan fingerprint density at radius 2 is 1.85 bits per heavy atom. The summed E-state index contributed by atoms with van der Waals surface area (Å²) in [5.74, 6) is -0.0256. The molecule has 0 spiro atoms. The van der Waals surface area contributed by atoms with Gasteiger partial charge in [0.05, 0.1) is 26.0 Å². The van der Waals surface area contributed by atoms with E-state index >= 15 is 0 Å². The van der Waals surface area contributed by atoms with Gasteiger partial charge in [-0.2, -0.15) is 0 Å². The number of carbonyl (C=O) groups excluding carboxylic acids is 2. The molecule has 2 fully saturated rings. The number of esters is 2. The molecule has 2 saturated carbocycles. The van der Waals surface area contributed by atoms with Gasteiger partial charge in [-0.25, -0.2) is 4.68 Å². The molecule has 0 amide bonds. The Hall–Kier alpha value is -1.96. The zero-order valence-corrected chi connectivity index (χ0v) is 16.2. The predicted molar refractivity (Wildman–Crippen MR) is 97.7 cm³/mol. The molecular formula is C19H30N4O4. The summed E-state index contributed by atoms with van der Waals surface area (Å²) in [6, 6.07) is 0.127. The van der Waals surface area contributed by atoms with Crippen molar-refractivity contribution in [3.8, 4) is 0 Å². The fourth-order valence-electron chi connectivity index (χ4n) is 4.67. The summed E-state index contributed by atoms with van der Waals surface area (Å²) in [6.45, 7) is 0.733. The molecule has 1 aromatic heterocycles. The van der Waals surface area contributed by atoms with Gasteiger partial charge in [-0.1, -0.05) is 11.6 Å². The highest BCUT2D eigenvalue weighted by Gasteiger charge is 2.50. The van der Waals surface area contributed by atoms with Crippen LogP contribution in [0.1, 0.15) is 69.0 Å². The van der Waals surface area contributed by atoms with Crippen molar-refractivity contribution < 1.29 is 19.1 Å². The van der Waals surface area contributed by atoms with Crippen LogP contribution < -0.4 is 5.73 Å². The van der Waals surface area contributed by atoms with Gasteiger partial charge in [-0.05, 0) is 57.4 Å². The molecule has 8 nitrogen and oxygen atoms in total. The number of aromatic nitrogens is 3. The number of carbonyl (C=O) groups is 2. The van der Waals surface area contributed by atoms with E-state index in [1.54, 1.807) is 0 Å². The van der Waals surface area contributed by atoms with Crippen molar-refractivity contribution >= 4 is 11.9 Å². The number of nitrogens with zero attached hydrogens (tertiary/aromatic N) is 3. The van der Waals surface area contributed by atoms with E-state index in [-0.39, 0.29) is 6.04 Å². The van der Waals surface area contributed by atoms with Crippen LogP contribution in [0.4, 0.5) is 0 Å². The van der Waals surface area contributed by atoms with Gasteiger partial charge < -0.3 is 15.2 Å². The van der Waals surface area contributed by atoms with E-state index in [1.165, 1.54) is 27.1 Å². The standard InChI is InChI=1S/C19H30N4O4/c1-26-17(24)19(18(25)27-2)8-6-15(7-9-19)23-12-16(21-22-23)14-5-3-4-13(10-14)11-20/h12-15H,3-11,20H2,1-2H3/t13-,14+/m0/s1. The molecule has 2 atom stereocenters. The minimum absolute atomic E-state index is 0.127. The summed E-state index contributed by atoms with van der Waals surface area (Å²) in [5, 5.41) is 8.76. The number of hydrogen-bond acceptors (Lipinski definition) is 7. The van der Waals surface area contributed by atoms with Gasteiger partial charge >= 0.3 is 11.9 Å². The second kappa shape index (κ2) is 8.37. The highest BCUT2D eigenvalue weighted by atomic mass is 16.5. The van der Waals surface area contributed by atoms with Crippen LogP contribution in [0.5, 0.6) is 0 Å². The Balaban J connectivity index is 1.67. The van der Waals surface area contributed by atoms with Gasteiger partial charge in [0.1, 0.15) is 0 Å². The maximum Gasteiger partial charge on any atom is 0.323 e. The normalized spacial score (nSPS) is 25.7. The maximum atomic E-state index is 12.2. The van der Waals surface area contributed by atoms with E-state index in [1.807, 2.05) is 10.9 Å². The lowest BCUT2D eigenvalue weighted by atomic mass is 9.72. The smallest absolute Gasteiger partial charge is 0.323 e. The topological polar surface area (TPSA) is 109 Å². The monoisotopic (exact) mass is 378 g/mol. The third-order valence-electron chi connectivity index (χ3n) is 6.40. The molecule has 0 saturated heterocycles. The lowest BCUT2D eigenvalue weighted by molar-refractivity contribution is -0.172. The molecule has 0 unspecified atom stereocenters. The van der Waals surface area contributed by atoms with Crippen LogP contribution in [0, 0.1) is 11.3 Å². The molecule has 0 aliphatic heterocycles. The first-order valence-electron chi connectivity index (χ1n) is 9.82. The first-order valence-corrected chi connectivity index (χ1v) is 9.82. The third-order valence-corrected chi connectivity index (χ3v) is 6.40. The van der Waals surface area contributed by atoms with Crippen molar-refractivity contribution in [2.75, 3.05) is 20.8 Å². The van der Waals surface area contributed by atoms with E-state index in [9.17, 15) is 9.59 Å². The summed E-state index contributed by atoms with van der Waals surface area (Å²) in [5.41, 5.74) is 5.69. The van der Waals surface area contributed by atoms with Crippen molar-refractivity contribution in [3.05, 3.63) is 11.9 Å². The number of rotatable bonds is 5. The Morgan fingerprint density at radius 1 is 1.19 bits per heavy atom. The largest absolute Gasteiger partial charge is 0.468 e. The SMILES string of the molecule is COC(=O)C1(C(=O)OC)CCC(n2cc([C@@H]3CCC[C@H](CN)C3)nn2)CC1. The first-order chi connectivity index (χ1) is 13.0. The van der Waals surface area contributed by atoms with E-state index in [4.69, 9.17) is 15.2 Å². The van der Waals surface area contributed by atoms with Crippen molar-refractivity contribution in [1.29, 1.82) is 0 Å². The van der Waals surface area contributed by atoms with Gasteiger partial charge in [0.25, 0.3) is 0 Å². The molecule has 2 aliphatic carbocycles. The summed E-state index contributed by atoms with van der Waals surface area (Å²) in [6.07, 6.45) is 8.73. The highest BCUT2D eigenvalue weighted by Crippen LogP contribution is 2.43. The Kier molecular flexibility index (Phi) is 6.14. The van der Waals surface area contributed by atoms with Crippen LogP contribution in [0.2, 0.25) is 0 Å². The van der Waals surface area contributed by atoms with Crippen LogP contribution in [0.3, 0.4) is 0 Å². The first kappa shape index (κ1) is 19.8. The Labute approximate surface area is 159 Å². The summed E-state index contributed by atoms with van der Waals surface area (Å²) in [7, 11) is 2.61. The number of nitrogens with two attached hydrogens (primary N) is 1. The fourth-order valence-corrected chi connectivity index (χ4v) is 4.67. The lowest BCUT2D eigenvalue weighted by Crippen LogP contribution is -2.44. The lowest BCUT2D eigenvalue weighted by Gasteiger charge is -2.35. The number of methoxy groups -OCH3 is 2. The van der Waals surface area contributed by atoms with Crippen LogP contribution in [-0.4, -0.2) is 47.7 Å². The molecule has 8 heteroatoms. The summed E-state index contributed by atoms with van der Waals surface area (Å²) < 4.78 is 11.7. The van der Waals surface area contributed by atoms with Gasteiger partial charge in [-0.15, -0.1) is 5.10 Å². The minimum atomic E-state index is -1.19. The summed E-state index contributed by atoms with van der Waals surface area (Å²) >= 11 is 0. The van der Waals surface area contributed by atoms with Gasteiger partial charge in [0.2, 0.25) is 0 Å². The average molecular weight is 378 g/mol. The third kappa shape index (κ3) is 3.85. The maximum absolute atomic E-state index is 12.2. The Bertz CT molecular complexity index is 648. The Morgan fingerprint density at radius 3 is 2.44 bits per heavy atom. The molecule has 0 bridgehead atoms. The zero-order valence-electron chi connectivity index (χ0n) is 16.2. The second-order valence-corrected chi connectivity index (χ2v) is 7.89. The van der Waals surface area contributed by atoms with Crippen LogP contribution in [-0.2, 0) is 19.1 Å². The molecular weight excluding hydrogens is 348 g/mol. The van der Waals surface area contributed by atoms with Gasteiger partial charge in [-0.3, -0.25) is 9.59 Å². The van der Waals surface area contributed by atoms with Crippen LogP contribution in [0.15, 0.2) is 6.20 Å². The molecule has 2 aliphatic rings. The van der Waals surface area contributed by atoms with E-state index in [0.717, 1.165) is 25.1 Å². The minimum Gasteiger partial charge on any atom is -0.468 e. The van der Waals surface area contributed by atoms with Crippen LogP contribution >= 0.6 is 0 Å². The number of hydrogen-bond donors (Lipinski definition) is 1.